The zero-order chi connectivity index (χ0) is 13.6. The molecule has 0 spiro atoms. The van der Waals surface area contributed by atoms with Gasteiger partial charge in [-0.05, 0) is 38.5 Å². The molecule has 4 heteroatoms. The molecule has 0 saturated carbocycles. The molecule has 2 atom stereocenters. The first-order valence-electron chi connectivity index (χ1n) is 6.98. The fourth-order valence-corrected chi connectivity index (χ4v) is 2.06. The minimum absolute atomic E-state index is 0.0134. The molecular weight excluding hydrogens is 230 g/mol. The highest BCUT2D eigenvalue weighted by atomic mass is 16.5. The van der Waals surface area contributed by atoms with Gasteiger partial charge in [-0.2, -0.15) is 0 Å². The molecular formula is C14H27NO3. The highest BCUT2D eigenvalue weighted by Crippen LogP contribution is 2.17. The van der Waals surface area contributed by atoms with Gasteiger partial charge in [0.25, 0.3) is 0 Å². The Morgan fingerprint density at radius 1 is 1.56 bits per heavy atom. The second kappa shape index (κ2) is 7.10. The van der Waals surface area contributed by atoms with E-state index in [0.717, 1.165) is 25.9 Å². The number of hydrogen-bond donors (Lipinski definition) is 2. The van der Waals surface area contributed by atoms with E-state index in [2.05, 4.69) is 19.2 Å². The van der Waals surface area contributed by atoms with Gasteiger partial charge in [-0.25, -0.2) is 0 Å². The van der Waals surface area contributed by atoms with Crippen molar-refractivity contribution in [3.8, 4) is 0 Å². The van der Waals surface area contributed by atoms with E-state index in [9.17, 15) is 9.90 Å². The van der Waals surface area contributed by atoms with Gasteiger partial charge in [-0.3, -0.25) is 4.79 Å². The Bertz CT molecular complexity index is 258. The van der Waals surface area contributed by atoms with Gasteiger partial charge < -0.3 is 15.2 Å². The Balaban J connectivity index is 2.27. The lowest BCUT2D eigenvalue weighted by molar-refractivity contribution is -0.130. The standard InChI is InChI=1S/C14H27NO3/c1-11(2)6-7-14(3,17)10-15-13(16)12-5-4-8-18-9-12/h11-12,17H,4-10H2,1-3H3,(H,15,16)/t12-,14+/m1/s1. The summed E-state index contributed by atoms with van der Waals surface area (Å²) in [6.45, 7) is 7.65. The Kier molecular flexibility index (Phi) is 6.09. The maximum atomic E-state index is 11.9. The van der Waals surface area contributed by atoms with Crippen molar-refractivity contribution in [3.63, 3.8) is 0 Å². The van der Waals surface area contributed by atoms with E-state index in [4.69, 9.17) is 4.74 Å². The lowest BCUT2D eigenvalue weighted by Crippen LogP contribution is -2.44. The van der Waals surface area contributed by atoms with Crippen LogP contribution in [0.5, 0.6) is 0 Å². The van der Waals surface area contributed by atoms with E-state index in [1.807, 2.05) is 0 Å². The van der Waals surface area contributed by atoms with Crippen molar-refractivity contribution in [2.75, 3.05) is 19.8 Å². The van der Waals surface area contributed by atoms with Gasteiger partial charge in [0.1, 0.15) is 0 Å². The number of aliphatic hydroxyl groups is 1. The largest absolute Gasteiger partial charge is 0.388 e. The summed E-state index contributed by atoms with van der Waals surface area (Å²) in [5.41, 5.74) is -0.810. The van der Waals surface area contributed by atoms with Crippen LogP contribution < -0.4 is 5.32 Å². The SMILES string of the molecule is CC(C)CC[C@](C)(O)CNC(=O)[C@@H]1CCCOC1. The number of carbonyl (C=O) groups is 1. The van der Waals surface area contributed by atoms with Crippen molar-refractivity contribution < 1.29 is 14.6 Å². The van der Waals surface area contributed by atoms with Crippen LogP contribution in [0, 0.1) is 11.8 Å². The summed E-state index contributed by atoms with van der Waals surface area (Å²) in [6.07, 6.45) is 3.52. The van der Waals surface area contributed by atoms with Crippen LogP contribution in [-0.4, -0.2) is 36.4 Å². The van der Waals surface area contributed by atoms with Crippen LogP contribution in [0.3, 0.4) is 0 Å². The Morgan fingerprint density at radius 2 is 2.28 bits per heavy atom. The number of rotatable bonds is 6. The molecule has 1 rings (SSSR count). The van der Waals surface area contributed by atoms with E-state index in [1.54, 1.807) is 6.92 Å². The zero-order valence-corrected chi connectivity index (χ0v) is 11.9. The second-order valence-electron chi connectivity index (χ2n) is 6.06. The highest BCUT2D eigenvalue weighted by molar-refractivity contribution is 5.78. The molecule has 0 radical (unpaired) electrons. The summed E-state index contributed by atoms with van der Waals surface area (Å²) >= 11 is 0. The lowest BCUT2D eigenvalue weighted by atomic mass is 9.94. The number of hydrogen-bond acceptors (Lipinski definition) is 3. The molecule has 1 aliphatic heterocycles. The molecule has 106 valence electrons. The molecule has 0 aliphatic carbocycles. The Morgan fingerprint density at radius 3 is 2.83 bits per heavy atom. The van der Waals surface area contributed by atoms with Crippen LogP contribution in [0.15, 0.2) is 0 Å². The normalized spacial score (nSPS) is 23.7. The number of amides is 1. The maximum Gasteiger partial charge on any atom is 0.225 e. The van der Waals surface area contributed by atoms with E-state index in [1.165, 1.54) is 0 Å². The van der Waals surface area contributed by atoms with Crippen molar-refractivity contribution >= 4 is 5.91 Å². The Labute approximate surface area is 110 Å². The average Bonchev–Trinajstić information content (AvgIpc) is 2.35. The van der Waals surface area contributed by atoms with Crippen molar-refractivity contribution in [2.24, 2.45) is 11.8 Å². The van der Waals surface area contributed by atoms with E-state index < -0.39 is 5.60 Å². The summed E-state index contributed by atoms with van der Waals surface area (Å²) in [5.74, 6) is 0.540. The Hall–Kier alpha value is -0.610. The van der Waals surface area contributed by atoms with Crippen molar-refractivity contribution in [1.29, 1.82) is 0 Å². The van der Waals surface area contributed by atoms with Crippen molar-refractivity contribution in [2.45, 2.75) is 52.1 Å². The molecule has 0 unspecified atom stereocenters. The highest BCUT2D eigenvalue weighted by Gasteiger charge is 2.25. The summed E-state index contributed by atoms with van der Waals surface area (Å²) in [7, 11) is 0. The molecule has 4 nitrogen and oxygen atoms in total. The van der Waals surface area contributed by atoms with Crippen LogP contribution in [0.1, 0.15) is 46.5 Å². The van der Waals surface area contributed by atoms with Crippen LogP contribution >= 0.6 is 0 Å². The van der Waals surface area contributed by atoms with Crippen molar-refractivity contribution in [1.82, 2.24) is 5.32 Å². The first-order chi connectivity index (χ1) is 8.41. The number of nitrogens with one attached hydrogen (secondary N) is 1. The van der Waals surface area contributed by atoms with Gasteiger partial charge in [0.15, 0.2) is 0 Å². The third kappa shape index (κ3) is 5.83. The minimum Gasteiger partial charge on any atom is -0.388 e. The molecule has 1 amide bonds. The van der Waals surface area contributed by atoms with Gasteiger partial charge in [0.05, 0.1) is 18.1 Å². The molecule has 1 heterocycles. The lowest BCUT2D eigenvalue weighted by Gasteiger charge is -2.27. The minimum atomic E-state index is -0.810. The quantitative estimate of drug-likeness (QED) is 0.761. The molecule has 0 bridgehead atoms. The van der Waals surface area contributed by atoms with E-state index in [-0.39, 0.29) is 11.8 Å². The molecule has 0 aromatic rings. The van der Waals surface area contributed by atoms with Gasteiger partial charge in [-0.1, -0.05) is 13.8 Å². The van der Waals surface area contributed by atoms with Crippen LogP contribution in [0.25, 0.3) is 0 Å². The van der Waals surface area contributed by atoms with Gasteiger partial charge in [-0.15, -0.1) is 0 Å². The second-order valence-corrected chi connectivity index (χ2v) is 6.06. The molecule has 0 aromatic carbocycles. The molecule has 1 fully saturated rings. The number of carbonyl (C=O) groups excluding carboxylic acids is 1. The van der Waals surface area contributed by atoms with Crippen LogP contribution in [-0.2, 0) is 9.53 Å². The predicted molar refractivity (Wildman–Crippen MR) is 71.2 cm³/mol. The fourth-order valence-electron chi connectivity index (χ4n) is 2.06. The van der Waals surface area contributed by atoms with Crippen LogP contribution in [0.2, 0.25) is 0 Å². The fraction of sp³-hybridized carbons (Fsp3) is 0.929. The summed E-state index contributed by atoms with van der Waals surface area (Å²) in [5, 5.41) is 13.0. The van der Waals surface area contributed by atoms with Gasteiger partial charge >= 0.3 is 0 Å². The van der Waals surface area contributed by atoms with E-state index in [0.29, 0.717) is 25.5 Å². The summed E-state index contributed by atoms with van der Waals surface area (Å²) < 4.78 is 5.29. The van der Waals surface area contributed by atoms with Gasteiger partial charge in [0, 0.05) is 13.2 Å². The predicted octanol–water partition coefficient (Wildman–Crippen LogP) is 1.72. The number of ether oxygens (including phenoxy) is 1. The maximum absolute atomic E-state index is 11.9. The van der Waals surface area contributed by atoms with Crippen molar-refractivity contribution in [3.05, 3.63) is 0 Å². The third-order valence-electron chi connectivity index (χ3n) is 3.43. The first kappa shape index (κ1) is 15.4. The molecule has 1 saturated heterocycles. The molecule has 1 aliphatic rings. The average molecular weight is 257 g/mol. The molecule has 18 heavy (non-hydrogen) atoms. The van der Waals surface area contributed by atoms with E-state index >= 15 is 0 Å². The monoisotopic (exact) mass is 257 g/mol. The van der Waals surface area contributed by atoms with Gasteiger partial charge in [0.2, 0.25) is 5.91 Å². The summed E-state index contributed by atoms with van der Waals surface area (Å²) in [4.78, 5) is 11.9. The zero-order valence-electron chi connectivity index (χ0n) is 11.9. The van der Waals surface area contributed by atoms with Crippen LogP contribution in [0.4, 0.5) is 0 Å². The molecule has 2 N–H and O–H groups in total. The topological polar surface area (TPSA) is 58.6 Å². The molecule has 0 aromatic heterocycles. The smallest absolute Gasteiger partial charge is 0.225 e. The summed E-state index contributed by atoms with van der Waals surface area (Å²) in [6, 6.07) is 0. The first-order valence-corrected chi connectivity index (χ1v) is 6.98. The third-order valence-corrected chi connectivity index (χ3v) is 3.43.